The van der Waals surface area contributed by atoms with Crippen molar-refractivity contribution >= 4 is 34.4 Å². The zero-order chi connectivity index (χ0) is 17.7. The van der Waals surface area contributed by atoms with Gasteiger partial charge in [0, 0.05) is 22.9 Å². The number of aliphatic imine (C=N–C) groups is 1. The van der Waals surface area contributed by atoms with Gasteiger partial charge in [0.15, 0.2) is 5.17 Å². The molecule has 1 saturated heterocycles. The highest BCUT2D eigenvalue weighted by molar-refractivity contribution is 8.15. The molecule has 0 N–H and O–H groups in total. The molecule has 0 unspecified atom stereocenters. The van der Waals surface area contributed by atoms with E-state index in [2.05, 4.69) is 30.7 Å². The summed E-state index contributed by atoms with van der Waals surface area (Å²) in [5.74, 6) is 0.184. The number of hydrogen-bond donors (Lipinski definition) is 0. The van der Waals surface area contributed by atoms with Crippen LogP contribution in [-0.4, -0.2) is 40.9 Å². The molecule has 1 aliphatic heterocycles. The van der Waals surface area contributed by atoms with Crippen LogP contribution in [0, 0.1) is 0 Å². The number of ether oxygens (including phenoxy) is 1. The monoisotopic (exact) mass is 368 g/mol. The molecule has 132 valence electrons. The van der Waals surface area contributed by atoms with Gasteiger partial charge >= 0.3 is 0 Å². The summed E-state index contributed by atoms with van der Waals surface area (Å²) < 4.78 is 5.32. The average molecular weight is 369 g/mol. The Morgan fingerprint density at radius 2 is 2.17 bits per heavy atom. The maximum absolute atomic E-state index is 12.7. The number of unbranched alkanes of at least 4 members (excludes halogenated alkanes) is 2. The summed E-state index contributed by atoms with van der Waals surface area (Å²) in [5, 5.41) is 1.29. The second-order valence-electron chi connectivity index (χ2n) is 6.53. The molecule has 1 aromatic carbocycles. The lowest BCUT2D eigenvalue weighted by atomic mass is 10.2. The van der Waals surface area contributed by atoms with Crippen molar-refractivity contribution < 1.29 is 9.53 Å². The first-order valence-corrected chi connectivity index (χ1v) is 9.46. The van der Waals surface area contributed by atoms with Crippen LogP contribution in [0.4, 0.5) is 0 Å². The van der Waals surface area contributed by atoms with E-state index in [4.69, 9.17) is 16.3 Å². The third-order valence-electron chi connectivity index (χ3n) is 3.83. The van der Waals surface area contributed by atoms with Crippen LogP contribution in [-0.2, 0) is 0 Å². The van der Waals surface area contributed by atoms with E-state index < -0.39 is 0 Å². The minimum atomic E-state index is -0.310. The first-order chi connectivity index (χ1) is 11.4. The molecule has 1 heterocycles. The van der Waals surface area contributed by atoms with Crippen LogP contribution in [0.25, 0.3) is 0 Å². The third-order valence-corrected chi connectivity index (χ3v) is 5.28. The summed E-state index contributed by atoms with van der Waals surface area (Å²) in [6, 6.07) is 5.01. The van der Waals surface area contributed by atoms with Gasteiger partial charge in [0.25, 0.3) is 5.91 Å². The van der Waals surface area contributed by atoms with Crippen molar-refractivity contribution in [2.24, 2.45) is 4.99 Å². The number of amidine groups is 1. The van der Waals surface area contributed by atoms with Crippen molar-refractivity contribution in [2.75, 3.05) is 20.2 Å². The molecule has 0 saturated carbocycles. The number of nitrogens with zero attached hydrogens (tertiary/aromatic N) is 2. The second kappa shape index (κ2) is 8.26. The summed E-state index contributed by atoms with van der Waals surface area (Å²) in [7, 11) is 1.54. The van der Waals surface area contributed by atoms with Gasteiger partial charge in [-0.1, -0.05) is 43.1 Å². The molecule has 0 radical (unpaired) electrons. The molecule has 24 heavy (non-hydrogen) atoms. The van der Waals surface area contributed by atoms with Crippen LogP contribution in [0.3, 0.4) is 0 Å². The van der Waals surface area contributed by atoms with E-state index in [9.17, 15) is 4.79 Å². The Bertz CT molecular complexity index is 631. The molecule has 1 aromatic rings. The maximum Gasteiger partial charge on any atom is 0.283 e. The van der Waals surface area contributed by atoms with E-state index in [1.165, 1.54) is 20.0 Å². The summed E-state index contributed by atoms with van der Waals surface area (Å²) in [5.41, 5.74) is 0.399. The van der Waals surface area contributed by atoms with Crippen LogP contribution < -0.4 is 4.74 Å². The van der Waals surface area contributed by atoms with Crippen LogP contribution in [0.1, 0.15) is 50.4 Å². The summed E-state index contributed by atoms with van der Waals surface area (Å²) in [6.45, 7) is 8.38. The topological polar surface area (TPSA) is 41.9 Å². The summed E-state index contributed by atoms with van der Waals surface area (Å²) in [4.78, 5) is 19.3. The van der Waals surface area contributed by atoms with Crippen molar-refractivity contribution in [3.8, 4) is 5.75 Å². The fourth-order valence-electron chi connectivity index (χ4n) is 2.69. The second-order valence-corrected chi connectivity index (χ2v) is 8.65. The average Bonchev–Trinajstić information content (AvgIpc) is 2.81. The molecule has 0 aliphatic carbocycles. The zero-order valence-electron chi connectivity index (χ0n) is 14.8. The first-order valence-electron chi connectivity index (χ1n) is 8.27. The van der Waals surface area contributed by atoms with Gasteiger partial charge in [-0.2, -0.15) is 4.99 Å². The molecule has 2 rings (SSSR count). The summed E-state index contributed by atoms with van der Waals surface area (Å²) in [6.07, 6.45) is 3.47. The Labute approximate surface area is 153 Å². The quantitative estimate of drug-likeness (QED) is 0.672. The normalized spacial score (nSPS) is 18.2. The predicted molar refractivity (Wildman–Crippen MR) is 103 cm³/mol. The SMILES string of the molecule is CCCCCN1CC(C)(C)SC1=NC(=O)c1cc(Cl)ccc1OC. The smallest absolute Gasteiger partial charge is 0.283 e. The van der Waals surface area contributed by atoms with Crippen molar-refractivity contribution in [3.05, 3.63) is 28.8 Å². The van der Waals surface area contributed by atoms with Gasteiger partial charge in [0.2, 0.25) is 0 Å². The van der Waals surface area contributed by atoms with E-state index in [1.807, 2.05) is 0 Å². The number of halogens is 1. The van der Waals surface area contributed by atoms with Gasteiger partial charge < -0.3 is 9.64 Å². The highest BCUT2D eigenvalue weighted by Gasteiger charge is 2.35. The molecule has 0 bridgehead atoms. The molecule has 1 fully saturated rings. The van der Waals surface area contributed by atoms with Gasteiger partial charge in [-0.15, -0.1) is 0 Å². The van der Waals surface area contributed by atoms with E-state index in [0.29, 0.717) is 16.3 Å². The number of carbonyl (C=O) groups excluding carboxylic acids is 1. The fourth-order valence-corrected chi connectivity index (χ4v) is 3.99. The van der Waals surface area contributed by atoms with Gasteiger partial charge in [0.1, 0.15) is 5.75 Å². The van der Waals surface area contributed by atoms with Crippen molar-refractivity contribution in [2.45, 2.75) is 44.8 Å². The number of benzene rings is 1. The third kappa shape index (κ3) is 4.90. The zero-order valence-corrected chi connectivity index (χ0v) is 16.3. The highest BCUT2D eigenvalue weighted by Crippen LogP contribution is 2.36. The number of carbonyl (C=O) groups is 1. The molecular weight excluding hydrogens is 344 g/mol. The molecule has 4 nitrogen and oxygen atoms in total. The molecule has 0 aromatic heterocycles. The lowest BCUT2D eigenvalue weighted by Crippen LogP contribution is -2.30. The number of thioether (sulfide) groups is 1. The van der Waals surface area contributed by atoms with E-state index in [0.717, 1.165) is 24.7 Å². The van der Waals surface area contributed by atoms with Crippen molar-refractivity contribution in [3.63, 3.8) is 0 Å². The van der Waals surface area contributed by atoms with Gasteiger partial charge in [-0.25, -0.2) is 0 Å². The van der Waals surface area contributed by atoms with Crippen LogP contribution in [0.5, 0.6) is 5.75 Å². The molecule has 0 atom stereocenters. The lowest BCUT2D eigenvalue weighted by molar-refractivity contribution is 0.0999. The number of methoxy groups -OCH3 is 1. The van der Waals surface area contributed by atoms with Crippen LogP contribution >= 0.6 is 23.4 Å². The number of hydrogen-bond acceptors (Lipinski definition) is 3. The Morgan fingerprint density at radius 3 is 2.83 bits per heavy atom. The van der Waals surface area contributed by atoms with Crippen LogP contribution in [0.2, 0.25) is 5.02 Å². The van der Waals surface area contributed by atoms with Gasteiger partial charge in [-0.05, 0) is 38.5 Å². The molecule has 0 spiro atoms. The highest BCUT2D eigenvalue weighted by atomic mass is 35.5. The van der Waals surface area contributed by atoms with Gasteiger partial charge in [0.05, 0.1) is 12.7 Å². The largest absolute Gasteiger partial charge is 0.496 e. The number of amides is 1. The molecule has 1 aliphatic rings. The van der Waals surface area contributed by atoms with Gasteiger partial charge in [-0.3, -0.25) is 4.79 Å². The Balaban J connectivity index is 2.23. The molecule has 6 heteroatoms. The first kappa shape index (κ1) is 19.1. The lowest BCUT2D eigenvalue weighted by Gasteiger charge is -2.19. The Kier molecular flexibility index (Phi) is 6.58. The standard InChI is InChI=1S/C18H25ClN2O2S/c1-5-6-7-10-21-12-18(2,3)24-17(21)20-16(22)14-11-13(19)8-9-15(14)23-4/h8-9,11H,5-7,10,12H2,1-4H3. The van der Waals surface area contributed by atoms with Crippen molar-refractivity contribution in [1.82, 2.24) is 4.90 Å². The Hall–Kier alpha value is -1.20. The maximum atomic E-state index is 12.7. The van der Waals surface area contributed by atoms with E-state index in [-0.39, 0.29) is 10.7 Å². The molecular formula is C18H25ClN2O2S. The van der Waals surface area contributed by atoms with Crippen molar-refractivity contribution in [1.29, 1.82) is 0 Å². The Morgan fingerprint density at radius 1 is 1.42 bits per heavy atom. The fraction of sp³-hybridized carbons (Fsp3) is 0.556. The van der Waals surface area contributed by atoms with E-state index in [1.54, 1.807) is 30.0 Å². The number of rotatable bonds is 6. The van der Waals surface area contributed by atoms with E-state index >= 15 is 0 Å². The minimum absolute atomic E-state index is 0.0593. The minimum Gasteiger partial charge on any atom is -0.496 e. The summed E-state index contributed by atoms with van der Waals surface area (Å²) >= 11 is 7.68. The van der Waals surface area contributed by atoms with Crippen LogP contribution in [0.15, 0.2) is 23.2 Å². The predicted octanol–water partition coefficient (Wildman–Crippen LogP) is 4.86. The molecule has 1 amide bonds.